The van der Waals surface area contributed by atoms with Gasteiger partial charge in [-0.3, -0.25) is 4.98 Å². The lowest BCUT2D eigenvalue weighted by Crippen LogP contribution is -2.47. The van der Waals surface area contributed by atoms with Crippen LogP contribution >= 0.6 is 0 Å². The highest BCUT2D eigenvalue weighted by atomic mass is 16.5. The summed E-state index contributed by atoms with van der Waals surface area (Å²) in [6.07, 6.45) is 11.8. The molecule has 0 amide bonds. The van der Waals surface area contributed by atoms with E-state index in [9.17, 15) is 0 Å². The molecule has 1 N–H and O–H groups in total. The average molecular weight is 391 g/mol. The van der Waals surface area contributed by atoms with E-state index in [1.165, 1.54) is 31.4 Å². The normalized spacial score (nSPS) is 23.2. The van der Waals surface area contributed by atoms with Gasteiger partial charge in [0.25, 0.3) is 0 Å². The number of nitrogens with zero attached hydrogens (tertiary/aromatic N) is 3. The van der Waals surface area contributed by atoms with E-state index in [1.54, 1.807) is 6.20 Å². The Bertz CT molecular complexity index is 870. The number of nitrogens with one attached hydrogen (secondary N) is 1. The van der Waals surface area contributed by atoms with E-state index < -0.39 is 0 Å². The van der Waals surface area contributed by atoms with Crippen molar-refractivity contribution in [2.75, 3.05) is 13.2 Å². The van der Waals surface area contributed by atoms with Gasteiger partial charge in [0.2, 0.25) is 0 Å². The van der Waals surface area contributed by atoms with Gasteiger partial charge in [-0.2, -0.15) is 5.26 Å². The van der Waals surface area contributed by atoms with Crippen molar-refractivity contribution in [1.82, 2.24) is 15.3 Å². The Morgan fingerprint density at radius 3 is 2.79 bits per heavy atom. The Morgan fingerprint density at radius 1 is 1.21 bits per heavy atom. The highest BCUT2D eigenvalue weighted by Crippen LogP contribution is 2.49. The smallest absolute Gasteiger partial charge is 0.143 e. The van der Waals surface area contributed by atoms with Crippen LogP contribution < -0.4 is 5.32 Å². The van der Waals surface area contributed by atoms with Gasteiger partial charge in [0, 0.05) is 36.7 Å². The Balaban J connectivity index is 1.44. The SMILES string of the molecule is Cc1cc(CNCC[C@]2(c3ccccn3)CCOC3(CCCC3)C2)cnc1C#N. The summed E-state index contributed by atoms with van der Waals surface area (Å²) in [4.78, 5) is 9.02. The van der Waals surface area contributed by atoms with Gasteiger partial charge >= 0.3 is 0 Å². The van der Waals surface area contributed by atoms with Gasteiger partial charge in [0.15, 0.2) is 0 Å². The first-order chi connectivity index (χ1) is 14.1. The van der Waals surface area contributed by atoms with Crippen LogP contribution in [0.2, 0.25) is 0 Å². The number of aromatic nitrogens is 2. The zero-order valence-corrected chi connectivity index (χ0v) is 17.3. The Labute approximate surface area is 173 Å². The molecule has 0 bridgehead atoms. The van der Waals surface area contributed by atoms with Crippen LogP contribution in [0.5, 0.6) is 0 Å². The number of ether oxygens (including phenoxy) is 1. The lowest BCUT2D eigenvalue weighted by molar-refractivity contribution is -0.104. The fraction of sp³-hybridized carbons (Fsp3) is 0.542. The number of aryl methyl sites for hydroxylation is 1. The molecule has 0 unspecified atom stereocenters. The minimum Gasteiger partial charge on any atom is -0.375 e. The van der Waals surface area contributed by atoms with Crippen LogP contribution in [-0.4, -0.2) is 28.7 Å². The molecule has 2 aromatic heterocycles. The fourth-order valence-electron chi connectivity index (χ4n) is 5.20. The maximum absolute atomic E-state index is 9.05. The first kappa shape index (κ1) is 20.0. The van der Waals surface area contributed by atoms with E-state index in [1.807, 2.05) is 19.2 Å². The molecule has 2 aromatic rings. The molecule has 5 nitrogen and oxygen atoms in total. The van der Waals surface area contributed by atoms with Gasteiger partial charge in [-0.1, -0.05) is 25.0 Å². The van der Waals surface area contributed by atoms with E-state index in [2.05, 4.69) is 34.6 Å². The van der Waals surface area contributed by atoms with Crippen LogP contribution in [-0.2, 0) is 16.7 Å². The van der Waals surface area contributed by atoms with Crippen LogP contribution in [0.1, 0.15) is 67.5 Å². The summed E-state index contributed by atoms with van der Waals surface area (Å²) >= 11 is 0. The van der Waals surface area contributed by atoms with Gasteiger partial charge in [0.1, 0.15) is 11.8 Å². The molecule has 0 radical (unpaired) electrons. The summed E-state index contributed by atoms with van der Waals surface area (Å²) in [6.45, 7) is 4.45. The van der Waals surface area contributed by atoms with Crippen molar-refractivity contribution >= 4 is 0 Å². The molecule has 1 saturated heterocycles. The third kappa shape index (κ3) is 4.34. The number of pyridine rings is 2. The Hall–Kier alpha value is -2.29. The van der Waals surface area contributed by atoms with Crippen molar-refractivity contribution in [3.05, 3.63) is 59.2 Å². The maximum Gasteiger partial charge on any atom is 0.143 e. The van der Waals surface area contributed by atoms with E-state index in [0.29, 0.717) is 5.69 Å². The molecule has 1 aliphatic carbocycles. The number of hydrogen-bond donors (Lipinski definition) is 1. The largest absolute Gasteiger partial charge is 0.375 e. The summed E-state index contributed by atoms with van der Waals surface area (Å²) in [5, 5.41) is 12.6. The van der Waals surface area contributed by atoms with E-state index in [4.69, 9.17) is 15.0 Å². The zero-order chi connectivity index (χ0) is 20.2. The summed E-state index contributed by atoms with van der Waals surface area (Å²) in [6, 6.07) is 10.5. The lowest BCUT2D eigenvalue weighted by atomic mass is 9.68. The lowest BCUT2D eigenvalue weighted by Gasteiger charge is -2.46. The second-order valence-corrected chi connectivity index (χ2v) is 8.71. The van der Waals surface area contributed by atoms with Crippen LogP contribution in [0.15, 0.2) is 36.7 Å². The molecule has 29 heavy (non-hydrogen) atoms. The molecular formula is C24H30N4O. The van der Waals surface area contributed by atoms with Gasteiger partial charge < -0.3 is 10.1 Å². The molecule has 1 atom stereocenters. The summed E-state index contributed by atoms with van der Waals surface area (Å²) in [5.74, 6) is 0. The van der Waals surface area contributed by atoms with Crippen LogP contribution in [0.25, 0.3) is 0 Å². The van der Waals surface area contributed by atoms with Gasteiger partial charge in [-0.25, -0.2) is 4.98 Å². The third-order valence-corrected chi connectivity index (χ3v) is 6.72. The number of nitriles is 1. The first-order valence-electron chi connectivity index (χ1n) is 10.8. The van der Waals surface area contributed by atoms with Crippen LogP contribution in [0.4, 0.5) is 0 Å². The second-order valence-electron chi connectivity index (χ2n) is 8.71. The predicted molar refractivity (Wildman–Crippen MR) is 112 cm³/mol. The zero-order valence-electron chi connectivity index (χ0n) is 17.3. The van der Waals surface area contributed by atoms with Crippen molar-refractivity contribution in [3.63, 3.8) is 0 Å². The van der Waals surface area contributed by atoms with Crippen molar-refractivity contribution in [3.8, 4) is 6.07 Å². The molecule has 0 aromatic carbocycles. The quantitative estimate of drug-likeness (QED) is 0.749. The molecule has 1 saturated carbocycles. The number of rotatable bonds is 6. The third-order valence-electron chi connectivity index (χ3n) is 6.72. The second kappa shape index (κ2) is 8.61. The number of hydrogen-bond acceptors (Lipinski definition) is 5. The molecule has 4 rings (SSSR count). The first-order valence-corrected chi connectivity index (χ1v) is 10.8. The summed E-state index contributed by atoms with van der Waals surface area (Å²) in [5.41, 5.74) is 3.91. The van der Waals surface area contributed by atoms with E-state index in [-0.39, 0.29) is 11.0 Å². The molecule has 2 fully saturated rings. The van der Waals surface area contributed by atoms with Gasteiger partial charge in [0.05, 0.1) is 5.60 Å². The average Bonchev–Trinajstić information content (AvgIpc) is 3.19. The van der Waals surface area contributed by atoms with E-state index in [0.717, 1.165) is 50.1 Å². The molecule has 152 valence electrons. The Morgan fingerprint density at radius 2 is 2.07 bits per heavy atom. The van der Waals surface area contributed by atoms with Crippen molar-refractivity contribution in [2.45, 2.75) is 69.4 Å². The Kier molecular flexibility index (Phi) is 5.94. The highest BCUT2D eigenvalue weighted by molar-refractivity contribution is 5.32. The molecule has 5 heteroatoms. The minimum atomic E-state index is 0.0595. The molecule has 1 spiro atoms. The van der Waals surface area contributed by atoms with Crippen molar-refractivity contribution in [2.24, 2.45) is 0 Å². The molecular weight excluding hydrogens is 360 g/mol. The van der Waals surface area contributed by atoms with E-state index >= 15 is 0 Å². The highest BCUT2D eigenvalue weighted by Gasteiger charge is 2.48. The van der Waals surface area contributed by atoms with Gasteiger partial charge in [-0.15, -0.1) is 0 Å². The fourth-order valence-corrected chi connectivity index (χ4v) is 5.20. The summed E-state index contributed by atoms with van der Waals surface area (Å²) in [7, 11) is 0. The van der Waals surface area contributed by atoms with Gasteiger partial charge in [-0.05, 0) is 68.8 Å². The van der Waals surface area contributed by atoms with Crippen LogP contribution in [0.3, 0.4) is 0 Å². The molecule has 2 aliphatic rings. The maximum atomic E-state index is 9.05. The van der Waals surface area contributed by atoms with Crippen LogP contribution in [0, 0.1) is 18.3 Å². The van der Waals surface area contributed by atoms with Crippen molar-refractivity contribution < 1.29 is 4.74 Å². The predicted octanol–water partition coefficient (Wildman–Crippen LogP) is 4.20. The molecule has 1 aliphatic heterocycles. The standard InChI is InChI=1S/C24H30N4O/c1-19-14-20(17-28-21(19)15-25)16-26-12-9-23(22-6-2-5-11-27-22)10-13-29-24(18-23)7-3-4-8-24/h2,5-6,11,14,17,26H,3-4,7-10,12-13,16,18H2,1H3/t23-/m0/s1. The monoisotopic (exact) mass is 390 g/mol. The summed E-state index contributed by atoms with van der Waals surface area (Å²) < 4.78 is 6.33. The minimum absolute atomic E-state index is 0.0595. The topological polar surface area (TPSA) is 70.8 Å². The molecule has 3 heterocycles. The van der Waals surface area contributed by atoms with Crippen molar-refractivity contribution in [1.29, 1.82) is 5.26 Å².